The molecule has 1 aliphatic heterocycles. The van der Waals surface area contributed by atoms with E-state index in [-0.39, 0.29) is 11.8 Å². The van der Waals surface area contributed by atoms with Crippen LogP contribution >= 0.6 is 35.0 Å². The number of hydrogen-bond donors (Lipinski definition) is 1. The first-order valence-corrected chi connectivity index (χ1v) is 6.91. The molecule has 1 atom stereocenters. The van der Waals surface area contributed by atoms with Gasteiger partial charge in [-0.2, -0.15) is 11.8 Å². The number of halogens is 2. The summed E-state index contributed by atoms with van der Waals surface area (Å²) in [6, 6.07) is 5.05. The van der Waals surface area contributed by atoms with Crippen molar-refractivity contribution in [2.75, 3.05) is 16.8 Å². The van der Waals surface area contributed by atoms with Gasteiger partial charge in [0.15, 0.2) is 0 Å². The molecule has 1 aromatic rings. The molecule has 2 nitrogen and oxygen atoms in total. The molecule has 0 radical (unpaired) electrons. The largest absolute Gasteiger partial charge is 0.324 e. The Bertz CT molecular complexity index is 405. The van der Waals surface area contributed by atoms with Crippen molar-refractivity contribution in [3.8, 4) is 0 Å². The van der Waals surface area contributed by atoms with Crippen molar-refractivity contribution in [3.63, 3.8) is 0 Å². The SMILES string of the molecule is O=C(Nc1cc(Cl)ccc1Cl)C1CCSC1. The Hall–Kier alpha value is -0.380. The van der Waals surface area contributed by atoms with E-state index in [1.165, 1.54) is 0 Å². The van der Waals surface area contributed by atoms with Gasteiger partial charge in [-0.25, -0.2) is 0 Å². The standard InChI is InChI=1S/C11H11Cl2NOS/c12-8-1-2-9(13)10(5-8)14-11(15)7-3-4-16-6-7/h1-2,5,7H,3-4,6H2,(H,14,15). The Morgan fingerprint density at radius 3 is 2.94 bits per heavy atom. The quantitative estimate of drug-likeness (QED) is 0.892. The third-order valence-electron chi connectivity index (χ3n) is 2.49. The summed E-state index contributed by atoms with van der Waals surface area (Å²) >= 11 is 13.6. The first kappa shape index (κ1) is 12.1. The van der Waals surface area contributed by atoms with Gasteiger partial charge < -0.3 is 5.32 Å². The molecule has 1 amide bonds. The molecule has 1 fully saturated rings. The van der Waals surface area contributed by atoms with E-state index >= 15 is 0 Å². The normalized spacial score (nSPS) is 19.8. The fourth-order valence-corrected chi connectivity index (χ4v) is 3.13. The summed E-state index contributed by atoms with van der Waals surface area (Å²) in [5.74, 6) is 2.08. The van der Waals surface area contributed by atoms with Crippen molar-refractivity contribution in [1.82, 2.24) is 0 Å². The monoisotopic (exact) mass is 275 g/mol. The summed E-state index contributed by atoms with van der Waals surface area (Å²) < 4.78 is 0. The number of carbonyl (C=O) groups is 1. The third-order valence-corrected chi connectivity index (χ3v) is 4.21. The summed E-state index contributed by atoms with van der Waals surface area (Å²) in [7, 11) is 0. The van der Waals surface area contributed by atoms with Crippen LogP contribution in [0.4, 0.5) is 5.69 Å². The lowest BCUT2D eigenvalue weighted by atomic mass is 10.1. The fourth-order valence-electron chi connectivity index (χ4n) is 1.57. The minimum Gasteiger partial charge on any atom is -0.324 e. The van der Waals surface area contributed by atoms with Crippen molar-refractivity contribution in [3.05, 3.63) is 28.2 Å². The molecule has 16 heavy (non-hydrogen) atoms. The maximum absolute atomic E-state index is 11.9. The van der Waals surface area contributed by atoms with Crippen LogP contribution in [0.1, 0.15) is 6.42 Å². The molecule has 0 aromatic heterocycles. The molecule has 5 heteroatoms. The molecule has 1 unspecified atom stereocenters. The van der Waals surface area contributed by atoms with Gasteiger partial charge in [-0.05, 0) is 30.4 Å². The van der Waals surface area contributed by atoms with Crippen LogP contribution in [-0.2, 0) is 4.79 Å². The zero-order valence-electron chi connectivity index (χ0n) is 8.50. The van der Waals surface area contributed by atoms with Crippen molar-refractivity contribution in [2.45, 2.75) is 6.42 Å². The molecular weight excluding hydrogens is 265 g/mol. The van der Waals surface area contributed by atoms with Crippen molar-refractivity contribution in [1.29, 1.82) is 0 Å². The highest BCUT2D eigenvalue weighted by Crippen LogP contribution is 2.28. The van der Waals surface area contributed by atoms with Crippen molar-refractivity contribution in [2.24, 2.45) is 5.92 Å². The Balaban J connectivity index is 2.07. The average molecular weight is 276 g/mol. The highest BCUT2D eigenvalue weighted by Gasteiger charge is 2.23. The van der Waals surface area contributed by atoms with Crippen LogP contribution in [0, 0.1) is 5.92 Å². The van der Waals surface area contributed by atoms with Crippen molar-refractivity contribution < 1.29 is 4.79 Å². The van der Waals surface area contributed by atoms with E-state index in [1.54, 1.807) is 18.2 Å². The van der Waals surface area contributed by atoms with Crippen LogP contribution in [0.2, 0.25) is 10.0 Å². The molecule has 0 saturated carbocycles. The number of carbonyl (C=O) groups excluding carboxylic acids is 1. The van der Waals surface area contributed by atoms with E-state index < -0.39 is 0 Å². The van der Waals surface area contributed by atoms with E-state index in [9.17, 15) is 4.79 Å². The molecule has 1 saturated heterocycles. The molecule has 86 valence electrons. The van der Waals surface area contributed by atoms with Crippen LogP contribution < -0.4 is 5.32 Å². The molecule has 2 rings (SSSR count). The average Bonchev–Trinajstić information content (AvgIpc) is 2.76. The number of benzene rings is 1. The second-order valence-corrected chi connectivity index (χ2v) is 5.67. The lowest BCUT2D eigenvalue weighted by Crippen LogP contribution is -2.22. The molecule has 1 heterocycles. The molecule has 0 aliphatic carbocycles. The highest BCUT2D eigenvalue weighted by atomic mass is 35.5. The number of thioether (sulfide) groups is 1. The third kappa shape index (κ3) is 2.84. The highest BCUT2D eigenvalue weighted by molar-refractivity contribution is 7.99. The summed E-state index contributed by atoms with van der Waals surface area (Å²) in [6.45, 7) is 0. The minimum absolute atomic E-state index is 0.0363. The van der Waals surface area contributed by atoms with E-state index in [0.29, 0.717) is 15.7 Å². The predicted octanol–water partition coefficient (Wildman–Crippen LogP) is 3.69. The van der Waals surface area contributed by atoms with Gasteiger partial charge in [-0.1, -0.05) is 23.2 Å². The Morgan fingerprint density at radius 1 is 1.44 bits per heavy atom. The second kappa shape index (κ2) is 5.30. The zero-order chi connectivity index (χ0) is 11.5. The Kier molecular flexibility index (Phi) is 4.00. The van der Waals surface area contributed by atoms with Crippen LogP contribution in [0.25, 0.3) is 0 Å². The number of hydrogen-bond acceptors (Lipinski definition) is 2. The topological polar surface area (TPSA) is 29.1 Å². The Morgan fingerprint density at radius 2 is 2.25 bits per heavy atom. The summed E-state index contributed by atoms with van der Waals surface area (Å²) in [4.78, 5) is 11.9. The minimum atomic E-state index is 0.0363. The molecule has 1 N–H and O–H groups in total. The molecular formula is C11H11Cl2NOS. The summed E-state index contributed by atoms with van der Waals surface area (Å²) in [6.07, 6.45) is 0.939. The lowest BCUT2D eigenvalue weighted by molar-refractivity contribution is -0.119. The van der Waals surface area contributed by atoms with Gasteiger partial charge in [0.25, 0.3) is 0 Å². The van der Waals surface area contributed by atoms with E-state index in [0.717, 1.165) is 17.9 Å². The van der Waals surface area contributed by atoms with Crippen LogP contribution in [0.5, 0.6) is 0 Å². The first-order chi connectivity index (χ1) is 7.66. The van der Waals surface area contributed by atoms with Gasteiger partial charge in [0.05, 0.1) is 10.7 Å². The molecule has 0 spiro atoms. The van der Waals surface area contributed by atoms with Crippen LogP contribution in [-0.4, -0.2) is 17.4 Å². The maximum Gasteiger partial charge on any atom is 0.228 e. The smallest absolute Gasteiger partial charge is 0.228 e. The first-order valence-electron chi connectivity index (χ1n) is 5.00. The predicted molar refractivity (Wildman–Crippen MR) is 70.5 cm³/mol. The van der Waals surface area contributed by atoms with Gasteiger partial charge in [0.1, 0.15) is 0 Å². The number of rotatable bonds is 2. The van der Waals surface area contributed by atoms with E-state index in [1.807, 2.05) is 11.8 Å². The molecule has 1 aromatic carbocycles. The number of amides is 1. The van der Waals surface area contributed by atoms with Crippen molar-refractivity contribution >= 4 is 46.6 Å². The van der Waals surface area contributed by atoms with Gasteiger partial charge in [0, 0.05) is 16.7 Å². The molecule has 1 aliphatic rings. The van der Waals surface area contributed by atoms with Crippen LogP contribution in [0.3, 0.4) is 0 Å². The number of anilines is 1. The molecule has 0 bridgehead atoms. The Labute approximate surface area is 109 Å². The fraction of sp³-hybridized carbons (Fsp3) is 0.364. The van der Waals surface area contributed by atoms with Crippen LogP contribution in [0.15, 0.2) is 18.2 Å². The summed E-state index contributed by atoms with van der Waals surface area (Å²) in [5.41, 5.74) is 0.594. The lowest BCUT2D eigenvalue weighted by Gasteiger charge is -2.11. The number of nitrogens with one attached hydrogen (secondary N) is 1. The maximum atomic E-state index is 11.9. The van der Waals surface area contributed by atoms with Gasteiger partial charge in [0.2, 0.25) is 5.91 Å². The van der Waals surface area contributed by atoms with E-state index in [4.69, 9.17) is 23.2 Å². The van der Waals surface area contributed by atoms with E-state index in [2.05, 4.69) is 5.32 Å². The van der Waals surface area contributed by atoms with Gasteiger partial charge in [-0.15, -0.1) is 0 Å². The van der Waals surface area contributed by atoms with Gasteiger partial charge >= 0.3 is 0 Å². The summed E-state index contributed by atoms with van der Waals surface area (Å²) in [5, 5.41) is 3.91. The second-order valence-electron chi connectivity index (χ2n) is 3.67. The zero-order valence-corrected chi connectivity index (χ0v) is 10.8. The van der Waals surface area contributed by atoms with Gasteiger partial charge in [-0.3, -0.25) is 4.79 Å².